The van der Waals surface area contributed by atoms with E-state index in [2.05, 4.69) is 5.32 Å². The van der Waals surface area contributed by atoms with Crippen molar-refractivity contribution in [2.45, 2.75) is 59.5 Å². The summed E-state index contributed by atoms with van der Waals surface area (Å²) in [5.41, 5.74) is 4.99. The Balaban J connectivity index is 1.29. The number of hydrogen-bond donors (Lipinski definition) is 3. The Bertz CT molecular complexity index is 1440. The number of hydrogen-bond acceptors (Lipinski definition) is 9. The molecule has 2 aromatic rings. The number of fused-ring (bicyclic) bond motifs is 1. The molecule has 2 aliphatic heterocycles. The molecule has 4 rings (SSSR count). The van der Waals surface area contributed by atoms with Gasteiger partial charge in [-0.2, -0.15) is 0 Å². The molecule has 10 nitrogen and oxygen atoms in total. The second-order valence-corrected chi connectivity index (χ2v) is 14.3. The minimum Gasteiger partial charge on any atom is -0.543 e. The van der Waals surface area contributed by atoms with E-state index in [-0.39, 0.29) is 17.4 Å². The molecule has 4 N–H and O–H groups in total. The largest absolute Gasteiger partial charge is 0.543 e. The van der Waals surface area contributed by atoms with Crippen LogP contribution < -0.4 is 20.7 Å². The Kier molecular flexibility index (Phi) is 11.3. The molecule has 1 fully saturated rings. The minimum atomic E-state index is -1.42. The molecule has 0 spiro atoms. The van der Waals surface area contributed by atoms with Gasteiger partial charge >= 0.3 is 5.97 Å². The normalized spacial score (nSPS) is 19.3. The van der Waals surface area contributed by atoms with Crippen molar-refractivity contribution in [2.75, 3.05) is 17.3 Å². The summed E-state index contributed by atoms with van der Waals surface area (Å²) in [6.07, 6.45) is 5.66. The van der Waals surface area contributed by atoms with Gasteiger partial charge in [-0.05, 0) is 43.5 Å². The average molecular weight is 686 g/mol. The van der Waals surface area contributed by atoms with Crippen LogP contribution in [0.25, 0.3) is 0 Å². The fourth-order valence-electron chi connectivity index (χ4n) is 4.48. The summed E-state index contributed by atoms with van der Waals surface area (Å²) in [5.74, 6) is -2.55. The van der Waals surface area contributed by atoms with Crippen LogP contribution in [0.4, 0.5) is 0 Å². The number of carboxylic acids is 2. The lowest BCUT2D eigenvalue weighted by molar-refractivity contribution is -0.697. The minimum absolute atomic E-state index is 0.0151. The van der Waals surface area contributed by atoms with Crippen LogP contribution in [0, 0.1) is 0 Å². The number of unbranched alkanes of at least 4 members (excludes halogenated alkanes) is 1. The van der Waals surface area contributed by atoms with Gasteiger partial charge < -0.3 is 26.1 Å². The van der Waals surface area contributed by atoms with Gasteiger partial charge in [-0.15, -0.1) is 35.3 Å². The number of β-lactam (4-membered cyclic amide) rings is 1. The number of nitrogens with two attached hydrogens (primary N) is 1. The number of aryl methyl sites for hydroxylation is 1. The Hall–Kier alpha value is -2.42. The fraction of sp³-hybridized carbons (Fsp3) is 0.393. The highest BCUT2D eigenvalue weighted by Gasteiger charge is 2.52. The Labute approximate surface area is 271 Å². The van der Waals surface area contributed by atoms with Gasteiger partial charge in [0, 0.05) is 44.9 Å². The van der Waals surface area contributed by atoms with E-state index in [0.717, 1.165) is 11.3 Å². The first-order valence-corrected chi connectivity index (χ1v) is 17.0. The smallest absolute Gasteiger partial charge is 0.323 e. The molecule has 1 saturated heterocycles. The van der Waals surface area contributed by atoms with Crippen LogP contribution in [-0.2, 0) is 25.7 Å². The summed E-state index contributed by atoms with van der Waals surface area (Å²) in [6.45, 7) is 2.22. The van der Waals surface area contributed by atoms with Crippen LogP contribution in [0.1, 0.15) is 26.2 Å². The maximum atomic E-state index is 13.0. The number of rotatable bonds is 14. The molecule has 43 heavy (non-hydrogen) atoms. The molecular weight excluding hydrogens is 655 g/mol. The number of carbonyl (C=O) groups excluding carboxylic acids is 3. The Morgan fingerprint density at radius 2 is 1.93 bits per heavy atom. The lowest BCUT2D eigenvalue weighted by Crippen LogP contribution is -2.71. The zero-order valence-electron chi connectivity index (χ0n) is 23.1. The molecule has 0 aliphatic carbocycles. The highest BCUT2D eigenvalue weighted by molar-refractivity contribution is 8.01. The van der Waals surface area contributed by atoms with Crippen LogP contribution in [0.5, 0.6) is 0 Å². The van der Waals surface area contributed by atoms with Gasteiger partial charge in [-0.3, -0.25) is 19.3 Å². The number of nitrogens with zero attached hydrogens (tertiary/aromatic N) is 2. The maximum absolute atomic E-state index is 13.0. The molecule has 1 aromatic carbocycles. The predicted molar refractivity (Wildman–Crippen MR) is 166 cm³/mol. The number of benzene rings is 1. The molecule has 230 valence electrons. The topological polar surface area (TPSA) is 157 Å². The zero-order valence-corrected chi connectivity index (χ0v) is 27.0. The maximum Gasteiger partial charge on any atom is 0.323 e. The van der Waals surface area contributed by atoms with Crippen molar-refractivity contribution >= 4 is 82.2 Å². The summed E-state index contributed by atoms with van der Waals surface area (Å²) < 4.78 is 1.99. The molecule has 2 amide bonds. The van der Waals surface area contributed by atoms with Gasteiger partial charge in [-0.25, -0.2) is 4.57 Å². The summed E-state index contributed by atoms with van der Waals surface area (Å²) in [7, 11) is 0. The van der Waals surface area contributed by atoms with E-state index in [1.165, 1.54) is 47.1 Å². The van der Waals surface area contributed by atoms with Crippen LogP contribution in [0.3, 0.4) is 0 Å². The van der Waals surface area contributed by atoms with Gasteiger partial charge in [-0.1, -0.05) is 23.2 Å². The number of amides is 2. The number of thioether (sulfide) groups is 3. The van der Waals surface area contributed by atoms with E-state index in [0.29, 0.717) is 51.4 Å². The number of carboxylic acid groups (broad SMARTS) is 2. The van der Waals surface area contributed by atoms with Crippen LogP contribution in [0.2, 0.25) is 10.0 Å². The first-order chi connectivity index (χ1) is 20.4. The standard InChI is InChI=1S/C28H30Cl2N4O6S3/c1-28(31,27(39)40)8-2-3-9-33-10-6-18(7-11-33)41-13-16-14-43-25-22(24(36)34(25)23(16)26(37)38)32-21(35)15-42-20-12-17(29)4-5-19(20)30/h4-7,10-12,22,25H,2-3,8-9,13-15,31H2,1H3,(H2-,32,35,37,38,39,40)/t22-,25-,28?/m1/s1. The third-order valence-electron chi connectivity index (χ3n) is 6.93. The van der Waals surface area contributed by atoms with E-state index in [9.17, 15) is 24.3 Å². The van der Waals surface area contributed by atoms with E-state index in [1.54, 1.807) is 18.2 Å². The molecule has 1 unspecified atom stereocenters. The van der Waals surface area contributed by atoms with E-state index >= 15 is 0 Å². The molecule has 0 bridgehead atoms. The van der Waals surface area contributed by atoms with Crippen molar-refractivity contribution in [3.05, 3.63) is 64.0 Å². The first-order valence-electron chi connectivity index (χ1n) is 13.3. The molecule has 0 saturated carbocycles. The van der Waals surface area contributed by atoms with Crippen molar-refractivity contribution in [1.82, 2.24) is 10.2 Å². The highest BCUT2D eigenvalue weighted by Crippen LogP contribution is 2.41. The lowest BCUT2D eigenvalue weighted by atomic mass is 9.96. The molecular formula is C28H30Cl2N4O6S3. The van der Waals surface area contributed by atoms with Crippen LogP contribution in [-0.4, -0.2) is 68.0 Å². The third-order valence-corrected chi connectivity index (χ3v) is 11.1. The van der Waals surface area contributed by atoms with Gasteiger partial charge in [0.05, 0.1) is 22.4 Å². The second-order valence-electron chi connectivity index (χ2n) is 10.3. The van der Waals surface area contributed by atoms with Crippen molar-refractivity contribution in [2.24, 2.45) is 5.73 Å². The number of aliphatic carboxylic acids is 2. The summed E-state index contributed by atoms with van der Waals surface area (Å²) in [4.78, 5) is 51.5. The number of pyridine rings is 1. The number of nitrogens with one attached hydrogen (secondary N) is 1. The van der Waals surface area contributed by atoms with E-state index < -0.39 is 34.8 Å². The van der Waals surface area contributed by atoms with Gasteiger partial charge in [0.15, 0.2) is 12.4 Å². The van der Waals surface area contributed by atoms with Gasteiger partial charge in [0.1, 0.15) is 23.5 Å². The summed E-state index contributed by atoms with van der Waals surface area (Å²) in [6, 6.07) is 7.95. The lowest BCUT2D eigenvalue weighted by Gasteiger charge is -2.50. The van der Waals surface area contributed by atoms with Crippen LogP contribution in [0.15, 0.2) is 63.8 Å². The van der Waals surface area contributed by atoms with Gasteiger partial charge in [0.2, 0.25) is 5.91 Å². The van der Waals surface area contributed by atoms with E-state index in [1.807, 2.05) is 29.1 Å². The monoisotopic (exact) mass is 684 g/mol. The molecule has 3 heterocycles. The van der Waals surface area contributed by atoms with Gasteiger partial charge in [0.25, 0.3) is 5.91 Å². The summed E-state index contributed by atoms with van der Waals surface area (Å²) in [5, 5.41) is 24.3. The number of aromatic nitrogens is 1. The van der Waals surface area contributed by atoms with E-state index in [4.69, 9.17) is 34.0 Å². The number of halogens is 2. The van der Waals surface area contributed by atoms with Crippen LogP contribution >= 0.6 is 58.5 Å². The SMILES string of the molecule is CC(N)(CCCC[n+]1ccc(SCC2=C(C(=O)[O-])N3C(=O)[C@@H](NC(=O)CSc4cc(Cl)ccc4Cl)[C@H]3SC2)cc1)C(=O)O. The zero-order chi connectivity index (χ0) is 31.3. The molecule has 2 aliphatic rings. The first kappa shape index (κ1) is 33.5. The van der Waals surface area contributed by atoms with Crippen molar-refractivity contribution < 1.29 is 34.0 Å². The third kappa shape index (κ3) is 8.40. The molecule has 0 radical (unpaired) electrons. The quantitative estimate of drug-likeness (QED) is 0.117. The van der Waals surface area contributed by atoms with Crippen molar-refractivity contribution in [3.63, 3.8) is 0 Å². The predicted octanol–water partition coefficient (Wildman–Crippen LogP) is 2.54. The second kappa shape index (κ2) is 14.6. The van der Waals surface area contributed by atoms with Crippen molar-refractivity contribution in [1.29, 1.82) is 0 Å². The number of carbonyl (C=O) groups is 4. The Morgan fingerprint density at radius 1 is 1.21 bits per heavy atom. The molecule has 15 heteroatoms. The summed E-state index contributed by atoms with van der Waals surface area (Å²) >= 11 is 16.2. The molecule has 1 aromatic heterocycles. The fourth-order valence-corrected chi connectivity index (χ4v) is 8.16. The Morgan fingerprint density at radius 3 is 2.60 bits per heavy atom. The highest BCUT2D eigenvalue weighted by atomic mass is 35.5. The average Bonchev–Trinajstić information content (AvgIpc) is 2.97. The molecule has 3 atom stereocenters. The van der Waals surface area contributed by atoms with Crippen molar-refractivity contribution in [3.8, 4) is 0 Å².